The van der Waals surface area contributed by atoms with Crippen molar-refractivity contribution >= 4 is 11.9 Å². The molecule has 5 nitrogen and oxygen atoms in total. The molecule has 124 valence electrons. The maximum Gasteiger partial charge on any atom is 0.327 e. The van der Waals surface area contributed by atoms with Crippen molar-refractivity contribution < 1.29 is 23.8 Å². The van der Waals surface area contributed by atoms with Crippen molar-refractivity contribution in [1.82, 2.24) is 0 Å². The van der Waals surface area contributed by atoms with E-state index in [1.807, 2.05) is 54.6 Å². The Morgan fingerprint density at radius 1 is 0.958 bits per heavy atom. The summed E-state index contributed by atoms with van der Waals surface area (Å²) in [5.41, 5.74) is -0.109. The van der Waals surface area contributed by atoms with Gasteiger partial charge in [0.2, 0.25) is 5.41 Å². The van der Waals surface area contributed by atoms with Crippen molar-refractivity contribution in [3.8, 4) is 5.75 Å². The third-order valence-electron chi connectivity index (χ3n) is 4.34. The van der Waals surface area contributed by atoms with Crippen LogP contribution in [0.15, 0.2) is 54.6 Å². The number of ether oxygens (including phenoxy) is 3. The van der Waals surface area contributed by atoms with E-state index in [1.165, 1.54) is 14.2 Å². The Bertz CT molecular complexity index is 737. The molecule has 1 aliphatic heterocycles. The molecule has 1 unspecified atom stereocenters. The molecule has 2 aromatic carbocycles. The SMILES string of the molecule is COC(=O)C1(C(=O)OC)Cc2ccccc2OC1c1ccccc1. The molecule has 24 heavy (non-hydrogen) atoms. The second-order valence-corrected chi connectivity index (χ2v) is 5.65. The second-order valence-electron chi connectivity index (χ2n) is 5.65. The number of carbonyl (C=O) groups excluding carboxylic acids is 2. The van der Waals surface area contributed by atoms with Crippen molar-refractivity contribution in [2.24, 2.45) is 5.41 Å². The zero-order valence-corrected chi connectivity index (χ0v) is 13.5. The van der Waals surface area contributed by atoms with Crippen LogP contribution in [-0.2, 0) is 25.5 Å². The molecule has 5 heteroatoms. The van der Waals surface area contributed by atoms with E-state index in [0.717, 1.165) is 5.56 Å². The molecule has 1 aliphatic rings. The summed E-state index contributed by atoms with van der Waals surface area (Å²) in [4.78, 5) is 25.4. The Kier molecular flexibility index (Phi) is 4.25. The van der Waals surface area contributed by atoms with Crippen LogP contribution in [0.5, 0.6) is 5.75 Å². The van der Waals surface area contributed by atoms with Gasteiger partial charge in [-0.1, -0.05) is 48.5 Å². The summed E-state index contributed by atoms with van der Waals surface area (Å²) < 4.78 is 16.0. The summed E-state index contributed by atoms with van der Waals surface area (Å²) in [6.45, 7) is 0. The Morgan fingerprint density at radius 3 is 2.17 bits per heavy atom. The molecular weight excluding hydrogens is 308 g/mol. The molecule has 0 fully saturated rings. The van der Waals surface area contributed by atoms with Gasteiger partial charge in [-0.15, -0.1) is 0 Å². The fraction of sp³-hybridized carbons (Fsp3) is 0.263. The lowest BCUT2D eigenvalue weighted by molar-refractivity contribution is -0.179. The fourth-order valence-electron chi connectivity index (χ4n) is 3.17. The number of para-hydroxylation sites is 1. The standard InChI is InChI=1S/C19H18O5/c1-22-17(20)19(18(21)23-2)12-14-10-6-7-11-15(14)24-16(19)13-8-4-3-5-9-13/h3-11,16H,12H2,1-2H3. The quantitative estimate of drug-likeness (QED) is 0.641. The molecule has 2 aromatic rings. The fourth-order valence-corrected chi connectivity index (χ4v) is 3.17. The van der Waals surface area contributed by atoms with Gasteiger partial charge in [0.05, 0.1) is 14.2 Å². The molecule has 1 atom stereocenters. The van der Waals surface area contributed by atoms with Gasteiger partial charge in [0.25, 0.3) is 0 Å². The molecule has 0 N–H and O–H groups in total. The van der Waals surface area contributed by atoms with Gasteiger partial charge < -0.3 is 14.2 Å². The topological polar surface area (TPSA) is 61.8 Å². The first-order valence-electron chi connectivity index (χ1n) is 7.60. The van der Waals surface area contributed by atoms with Crippen LogP contribution in [0.2, 0.25) is 0 Å². The van der Waals surface area contributed by atoms with Gasteiger partial charge in [-0.2, -0.15) is 0 Å². The molecule has 0 aromatic heterocycles. The number of esters is 2. The van der Waals surface area contributed by atoms with Gasteiger partial charge in [0.1, 0.15) is 5.75 Å². The third kappa shape index (κ3) is 2.42. The molecule has 0 saturated carbocycles. The van der Waals surface area contributed by atoms with E-state index in [1.54, 1.807) is 0 Å². The largest absolute Gasteiger partial charge is 0.484 e. The highest BCUT2D eigenvalue weighted by Gasteiger charge is 2.59. The van der Waals surface area contributed by atoms with Gasteiger partial charge >= 0.3 is 11.9 Å². The number of carbonyl (C=O) groups is 2. The lowest BCUT2D eigenvalue weighted by Crippen LogP contribution is -2.51. The first-order chi connectivity index (χ1) is 11.6. The van der Waals surface area contributed by atoms with E-state index >= 15 is 0 Å². The van der Waals surface area contributed by atoms with Crippen molar-refractivity contribution in [2.75, 3.05) is 14.2 Å². The number of benzene rings is 2. The first-order valence-corrected chi connectivity index (χ1v) is 7.60. The van der Waals surface area contributed by atoms with E-state index in [9.17, 15) is 9.59 Å². The lowest BCUT2D eigenvalue weighted by Gasteiger charge is -2.40. The Morgan fingerprint density at radius 2 is 1.54 bits per heavy atom. The molecular formula is C19H18O5. The van der Waals surface area contributed by atoms with Gasteiger partial charge in [-0.05, 0) is 17.2 Å². The predicted molar refractivity (Wildman–Crippen MR) is 86.4 cm³/mol. The van der Waals surface area contributed by atoms with E-state index < -0.39 is 23.5 Å². The monoisotopic (exact) mass is 326 g/mol. The minimum atomic E-state index is -1.58. The zero-order valence-electron chi connectivity index (χ0n) is 13.5. The van der Waals surface area contributed by atoms with Crippen LogP contribution in [0.1, 0.15) is 17.2 Å². The molecule has 3 rings (SSSR count). The first kappa shape index (κ1) is 16.1. The van der Waals surface area contributed by atoms with Gasteiger partial charge in [-0.25, -0.2) is 0 Å². The Balaban J connectivity index is 2.21. The lowest BCUT2D eigenvalue weighted by atomic mass is 9.72. The summed E-state index contributed by atoms with van der Waals surface area (Å²) in [7, 11) is 2.52. The summed E-state index contributed by atoms with van der Waals surface area (Å²) in [6.07, 6.45) is -0.671. The van der Waals surface area contributed by atoms with Gasteiger partial charge in [0.15, 0.2) is 6.10 Å². The summed E-state index contributed by atoms with van der Waals surface area (Å²) in [6, 6.07) is 16.5. The molecule has 0 bridgehead atoms. The molecule has 0 aliphatic carbocycles. The highest BCUT2D eigenvalue weighted by molar-refractivity contribution is 6.01. The van der Waals surface area contributed by atoms with Crippen LogP contribution in [0, 0.1) is 5.41 Å². The number of hydrogen-bond donors (Lipinski definition) is 0. The van der Waals surface area contributed by atoms with Gasteiger partial charge in [-0.3, -0.25) is 9.59 Å². The highest BCUT2D eigenvalue weighted by atomic mass is 16.6. The number of rotatable bonds is 3. The van der Waals surface area contributed by atoms with Crippen LogP contribution < -0.4 is 4.74 Å². The van der Waals surface area contributed by atoms with Crippen LogP contribution in [0.3, 0.4) is 0 Å². The van der Waals surface area contributed by atoms with Crippen molar-refractivity contribution in [2.45, 2.75) is 12.5 Å². The smallest absolute Gasteiger partial charge is 0.327 e. The summed E-state index contributed by atoms with van der Waals surface area (Å²) >= 11 is 0. The van der Waals surface area contributed by atoms with Crippen LogP contribution in [0.25, 0.3) is 0 Å². The average Bonchev–Trinajstić information content (AvgIpc) is 2.66. The molecule has 0 saturated heterocycles. The maximum absolute atomic E-state index is 12.7. The predicted octanol–water partition coefficient (Wildman–Crippen LogP) is 2.70. The average molecular weight is 326 g/mol. The van der Waals surface area contributed by atoms with E-state index in [0.29, 0.717) is 11.3 Å². The normalized spacial score (nSPS) is 18.0. The summed E-state index contributed by atoms with van der Waals surface area (Å²) in [5, 5.41) is 0. The minimum Gasteiger partial charge on any atom is -0.484 e. The molecule has 1 heterocycles. The number of methoxy groups -OCH3 is 2. The van der Waals surface area contributed by atoms with Crippen LogP contribution >= 0.6 is 0 Å². The molecule has 0 amide bonds. The Hall–Kier alpha value is -2.82. The van der Waals surface area contributed by atoms with Crippen molar-refractivity contribution in [1.29, 1.82) is 0 Å². The van der Waals surface area contributed by atoms with Crippen molar-refractivity contribution in [3.63, 3.8) is 0 Å². The van der Waals surface area contributed by atoms with E-state index in [2.05, 4.69) is 0 Å². The van der Waals surface area contributed by atoms with Crippen LogP contribution in [-0.4, -0.2) is 26.2 Å². The van der Waals surface area contributed by atoms with Gasteiger partial charge in [0, 0.05) is 6.42 Å². The summed E-state index contributed by atoms with van der Waals surface area (Å²) in [5.74, 6) is -0.690. The van der Waals surface area contributed by atoms with Crippen molar-refractivity contribution in [3.05, 3.63) is 65.7 Å². The zero-order chi connectivity index (χ0) is 17.2. The highest BCUT2D eigenvalue weighted by Crippen LogP contribution is 2.48. The Labute approximate surface area is 140 Å². The minimum absolute atomic E-state index is 0.155. The number of hydrogen-bond acceptors (Lipinski definition) is 5. The second kappa shape index (κ2) is 6.35. The number of fused-ring (bicyclic) bond motifs is 1. The molecule has 0 spiro atoms. The van der Waals surface area contributed by atoms with Crippen LogP contribution in [0.4, 0.5) is 0 Å². The third-order valence-corrected chi connectivity index (χ3v) is 4.34. The molecule has 0 radical (unpaired) electrons. The van der Waals surface area contributed by atoms with E-state index in [4.69, 9.17) is 14.2 Å². The van der Waals surface area contributed by atoms with E-state index in [-0.39, 0.29) is 6.42 Å². The maximum atomic E-state index is 12.7.